The number of hydrogen-bond donors (Lipinski definition) is 2. The lowest BCUT2D eigenvalue weighted by Crippen LogP contribution is -2.38. The summed E-state index contributed by atoms with van der Waals surface area (Å²) in [5.41, 5.74) is 2.96. The Balaban J connectivity index is 2.29. The third-order valence-electron chi connectivity index (χ3n) is 2.54. The van der Waals surface area contributed by atoms with E-state index in [1.807, 2.05) is 19.5 Å². The van der Waals surface area contributed by atoms with Crippen LogP contribution in [-0.4, -0.2) is 47.3 Å². The second kappa shape index (κ2) is 7.06. The minimum absolute atomic E-state index is 0.323. The Morgan fingerprint density at radius 1 is 1.53 bits per heavy atom. The van der Waals surface area contributed by atoms with Crippen LogP contribution in [0.1, 0.15) is 24.4 Å². The van der Waals surface area contributed by atoms with Gasteiger partial charge in [-0.1, -0.05) is 13.8 Å². The molecule has 17 heavy (non-hydrogen) atoms. The molecule has 1 aromatic heterocycles. The first-order chi connectivity index (χ1) is 7.99. The molecule has 0 radical (unpaired) electrons. The minimum Gasteiger partial charge on any atom is -0.390 e. The summed E-state index contributed by atoms with van der Waals surface area (Å²) in [6.45, 7) is 8.36. The average Bonchev–Trinajstić information content (AvgIpc) is 2.61. The van der Waals surface area contributed by atoms with Gasteiger partial charge in [-0.15, -0.1) is 11.3 Å². The molecule has 1 atom stereocenters. The van der Waals surface area contributed by atoms with Crippen LogP contribution in [0.25, 0.3) is 0 Å². The molecule has 0 aliphatic carbocycles. The zero-order valence-electron chi connectivity index (χ0n) is 11.1. The van der Waals surface area contributed by atoms with Gasteiger partial charge in [0.1, 0.15) is 0 Å². The molecule has 0 saturated carbocycles. The highest BCUT2D eigenvalue weighted by atomic mass is 32.1. The van der Waals surface area contributed by atoms with Crippen LogP contribution in [0.4, 0.5) is 0 Å². The van der Waals surface area contributed by atoms with Crippen LogP contribution in [0.3, 0.4) is 0 Å². The lowest BCUT2D eigenvalue weighted by molar-refractivity contribution is 0.119. The van der Waals surface area contributed by atoms with Crippen molar-refractivity contribution in [3.63, 3.8) is 0 Å². The maximum atomic E-state index is 9.85. The molecule has 0 fully saturated rings. The zero-order valence-corrected chi connectivity index (χ0v) is 11.9. The molecule has 0 amide bonds. The van der Waals surface area contributed by atoms with Gasteiger partial charge in [-0.25, -0.2) is 4.98 Å². The Bertz CT molecular complexity index is 327. The van der Waals surface area contributed by atoms with Gasteiger partial charge in [-0.05, 0) is 14.0 Å². The molecule has 1 aromatic rings. The quantitative estimate of drug-likeness (QED) is 0.771. The molecule has 0 aliphatic heterocycles. The van der Waals surface area contributed by atoms with E-state index >= 15 is 0 Å². The van der Waals surface area contributed by atoms with Crippen LogP contribution in [0.2, 0.25) is 0 Å². The van der Waals surface area contributed by atoms with Crippen molar-refractivity contribution in [3.8, 4) is 0 Å². The Morgan fingerprint density at radius 3 is 2.76 bits per heavy atom. The van der Waals surface area contributed by atoms with Crippen molar-refractivity contribution < 1.29 is 5.11 Å². The Labute approximate surface area is 108 Å². The van der Waals surface area contributed by atoms with Gasteiger partial charge in [0.2, 0.25) is 0 Å². The summed E-state index contributed by atoms with van der Waals surface area (Å²) < 4.78 is 0. The SMILES string of the molecule is Cc1ncsc1CN(C)CC(O)CNC(C)C. The topological polar surface area (TPSA) is 48.4 Å². The summed E-state index contributed by atoms with van der Waals surface area (Å²) in [7, 11) is 2.03. The van der Waals surface area contributed by atoms with Crippen LogP contribution in [-0.2, 0) is 6.54 Å². The molecule has 0 bridgehead atoms. The molecule has 98 valence electrons. The third kappa shape index (κ3) is 5.59. The smallest absolute Gasteiger partial charge is 0.0798 e. The fraction of sp³-hybridized carbons (Fsp3) is 0.750. The van der Waals surface area contributed by atoms with E-state index in [0.29, 0.717) is 19.1 Å². The number of likely N-dealkylation sites (N-methyl/N-ethyl adjacent to an activating group) is 1. The molecular formula is C12H23N3OS. The van der Waals surface area contributed by atoms with E-state index in [9.17, 15) is 5.11 Å². The second-order valence-corrected chi connectivity index (χ2v) is 5.71. The molecule has 0 saturated heterocycles. The number of aliphatic hydroxyl groups excluding tert-OH is 1. The Morgan fingerprint density at radius 2 is 2.24 bits per heavy atom. The fourth-order valence-corrected chi connectivity index (χ4v) is 2.44. The lowest BCUT2D eigenvalue weighted by atomic mass is 10.3. The average molecular weight is 257 g/mol. The van der Waals surface area contributed by atoms with Crippen LogP contribution in [0.5, 0.6) is 0 Å². The highest BCUT2D eigenvalue weighted by Crippen LogP contribution is 2.14. The summed E-state index contributed by atoms with van der Waals surface area (Å²) in [5.74, 6) is 0. The van der Waals surface area contributed by atoms with Crippen LogP contribution in [0, 0.1) is 6.92 Å². The van der Waals surface area contributed by atoms with E-state index in [4.69, 9.17) is 0 Å². The van der Waals surface area contributed by atoms with Crippen LogP contribution in [0.15, 0.2) is 5.51 Å². The Hall–Kier alpha value is -0.490. The van der Waals surface area contributed by atoms with Gasteiger partial charge in [0.25, 0.3) is 0 Å². The summed E-state index contributed by atoms with van der Waals surface area (Å²) in [6.07, 6.45) is -0.323. The van der Waals surface area contributed by atoms with Crippen molar-refractivity contribution >= 4 is 11.3 Å². The minimum atomic E-state index is -0.323. The molecule has 0 aromatic carbocycles. The van der Waals surface area contributed by atoms with Gasteiger partial charge < -0.3 is 10.4 Å². The van der Waals surface area contributed by atoms with E-state index in [1.54, 1.807) is 11.3 Å². The number of nitrogens with zero attached hydrogens (tertiary/aromatic N) is 2. The fourth-order valence-electron chi connectivity index (χ4n) is 1.58. The molecule has 1 rings (SSSR count). The summed E-state index contributed by atoms with van der Waals surface area (Å²) in [6, 6.07) is 0.415. The van der Waals surface area contributed by atoms with Gasteiger partial charge >= 0.3 is 0 Å². The number of nitrogens with one attached hydrogen (secondary N) is 1. The first kappa shape index (κ1) is 14.6. The molecule has 5 heteroatoms. The lowest BCUT2D eigenvalue weighted by Gasteiger charge is -2.21. The number of hydrogen-bond acceptors (Lipinski definition) is 5. The maximum Gasteiger partial charge on any atom is 0.0798 e. The van der Waals surface area contributed by atoms with Gasteiger partial charge in [0.15, 0.2) is 0 Å². The summed E-state index contributed by atoms with van der Waals surface area (Å²) in [4.78, 5) is 7.63. The third-order valence-corrected chi connectivity index (χ3v) is 3.46. The normalized spacial score (nSPS) is 13.6. The highest BCUT2D eigenvalue weighted by Gasteiger charge is 2.11. The highest BCUT2D eigenvalue weighted by molar-refractivity contribution is 7.09. The number of thiazole rings is 1. The molecular weight excluding hydrogens is 234 g/mol. The van der Waals surface area contributed by atoms with E-state index < -0.39 is 0 Å². The van der Waals surface area contributed by atoms with Gasteiger partial charge in [0.05, 0.1) is 17.3 Å². The van der Waals surface area contributed by atoms with Crippen molar-refractivity contribution in [2.24, 2.45) is 0 Å². The van der Waals surface area contributed by atoms with Gasteiger partial charge in [-0.2, -0.15) is 0 Å². The number of rotatable bonds is 7. The van der Waals surface area contributed by atoms with E-state index in [1.165, 1.54) is 4.88 Å². The zero-order chi connectivity index (χ0) is 12.8. The summed E-state index contributed by atoms with van der Waals surface area (Å²) in [5, 5.41) is 13.1. The van der Waals surface area contributed by atoms with E-state index in [2.05, 4.69) is 29.0 Å². The monoisotopic (exact) mass is 257 g/mol. The number of aliphatic hydroxyl groups is 1. The number of aromatic nitrogens is 1. The van der Waals surface area contributed by atoms with Crippen molar-refractivity contribution in [1.29, 1.82) is 0 Å². The van der Waals surface area contributed by atoms with Crippen molar-refractivity contribution in [3.05, 3.63) is 16.1 Å². The Kier molecular flexibility index (Phi) is 6.05. The molecule has 2 N–H and O–H groups in total. The van der Waals surface area contributed by atoms with E-state index in [0.717, 1.165) is 12.2 Å². The van der Waals surface area contributed by atoms with Gasteiger partial charge in [-0.3, -0.25) is 4.90 Å². The van der Waals surface area contributed by atoms with Gasteiger partial charge in [0, 0.05) is 30.6 Å². The number of aryl methyl sites for hydroxylation is 1. The second-order valence-electron chi connectivity index (χ2n) is 4.77. The molecule has 1 heterocycles. The largest absolute Gasteiger partial charge is 0.390 e. The predicted molar refractivity (Wildman–Crippen MR) is 72.3 cm³/mol. The van der Waals surface area contributed by atoms with Crippen LogP contribution < -0.4 is 5.32 Å². The van der Waals surface area contributed by atoms with Crippen LogP contribution >= 0.6 is 11.3 Å². The maximum absolute atomic E-state index is 9.85. The first-order valence-electron chi connectivity index (χ1n) is 5.98. The van der Waals surface area contributed by atoms with E-state index in [-0.39, 0.29) is 6.10 Å². The standard InChI is InChI=1S/C12H23N3OS/c1-9(2)13-5-11(16)6-15(4)7-12-10(3)14-8-17-12/h8-9,11,13,16H,5-7H2,1-4H3. The molecule has 0 aliphatic rings. The molecule has 4 nitrogen and oxygen atoms in total. The first-order valence-corrected chi connectivity index (χ1v) is 6.86. The van der Waals surface area contributed by atoms with Crippen molar-refractivity contribution in [2.45, 2.75) is 39.5 Å². The molecule has 0 spiro atoms. The predicted octanol–water partition coefficient (Wildman–Crippen LogP) is 1.24. The van der Waals surface area contributed by atoms with Crippen molar-refractivity contribution in [2.75, 3.05) is 20.1 Å². The molecule has 1 unspecified atom stereocenters. The van der Waals surface area contributed by atoms with Crippen molar-refractivity contribution in [1.82, 2.24) is 15.2 Å². The summed E-state index contributed by atoms with van der Waals surface area (Å²) >= 11 is 1.67.